The molecule has 1 saturated carbocycles. The number of hydrogen-bond acceptors (Lipinski definition) is 3. The van der Waals surface area contributed by atoms with Gasteiger partial charge in [0.2, 0.25) is 5.91 Å². The maximum absolute atomic E-state index is 12.7. The zero-order valence-corrected chi connectivity index (χ0v) is 14.5. The smallest absolute Gasteiger partial charge is 0.391 e. The summed E-state index contributed by atoms with van der Waals surface area (Å²) in [6.45, 7) is 0.644. The van der Waals surface area contributed by atoms with Gasteiger partial charge in [-0.3, -0.25) is 9.59 Å². The number of methoxy groups -OCH3 is 1. The first kappa shape index (κ1) is 20.0. The van der Waals surface area contributed by atoms with E-state index in [4.69, 9.17) is 4.74 Å². The van der Waals surface area contributed by atoms with Crippen LogP contribution in [0, 0.1) is 17.3 Å². The number of carbonyl (C=O) groups is 2. The molecule has 2 rings (SSSR count). The fraction of sp³-hybridized carbons (Fsp3) is 0.882. The molecule has 0 radical (unpaired) electrons. The molecule has 1 aliphatic heterocycles. The van der Waals surface area contributed by atoms with Crippen LogP contribution in [0.4, 0.5) is 13.2 Å². The van der Waals surface area contributed by atoms with Gasteiger partial charge in [0.1, 0.15) is 5.41 Å². The van der Waals surface area contributed by atoms with E-state index in [2.05, 4.69) is 0 Å². The summed E-state index contributed by atoms with van der Waals surface area (Å²) >= 11 is 0. The fourth-order valence-electron chi connectivity index (χ4n) is 4.04. The Morgan fingerprint density at radius 3 is 2.40 bits per heavy atom. The zero-order valence-electron chi connectivity index (χ0n) is 14.5. The minimum Gasteiger partial charge on any atom is -0.481 e. The molecular weight excluding hydrogens is 339 g/mol. The van der Waals surface area contributed by atoms with Gasteiger partial charge in [0, 0.05) is 26.6 Å². The first-order chi connectivity index (χ1) is 11.7. The van der Waals surface area contributed by atoms with E-state index >= 15 is 0 Å². The second-order valence-corrected chi connectivity index (χ2v) is 7.40. The molecule has 5 nitrogen and oxygen atoms in total. The molecule has 0 aromatic rings. The summed E-state index contributed by atoms with van der Waals surface area (Å²) in [6.07, 6.45) is -1.97. The Kier molecular flexibility index (Phi) is 6.35. The van der Waals surface area contributed by atoms with E-state index in [1.54, 1.807) is 4.90 Å². The number of rotatable bonds is 5. The van der Waals surface area contributed by atoms with Gasteiger partial charge in [-0.1, -0.05) is 0 Å². The fourth-order valence-corrected chi connectivity index (χ4v) is 4.04. The average molecular weight is 365 g/mol. The van der Waals surface area contributed by atoms with Gasteiger partial charge < -0.3 is 14.7 Å². The quantitative estimate of drug-likeness (QED) is 0.813. The maximum Gasteiger partial charge on any atom is 0.391 e. The van der Waals surface area contributed by atoms with Crippen LogP contribution in [0.1, 0.15) is 44.9 Å². The predicted molar refractivity (Wildman–Crippen MR) is 83.9 cm³/mol. The molecule has 1 aliphatic carbocycles. The highest BCUT2D eigenvalue weighted by Gasteiger charge is 2.45. The number of carbonyl (C=O) groups excluding carboxylic acids is 1. The van der Waals surface area contributed by atoms with Crippen molar-refractivity contribution < 1.29 is 32.6 Å². The van der Waals surface area contributed by atoms with Crippen molar-refractivity contribution in [2.75, 3.05) is 26.8 Å². The lowest BCUT2D eigenvalue weighted by atomic mass is 9.78. The Balaban J connectivity index is 1.90. The lowest BCUT2D eigenvalue weighted by molar-refractivity contribution is -0.184. The number of alkyl halides is 3. The van der Waals surface area contributed by atoms with Crippen molar-refractivity contribution in [1.29, 1.82) is 0 Å². The molecule has 8 heteroatoms. The summed E-state index contributed by atoms with van der Waals surface area (Å²) in [5, 5.41) is 9.52. The number of ether oxygens (including phenoxy) is 1. The summed E-state index contributed by atoms with van der Waals surface area (Å²) < 4.78 is 43.2. The van der Waals surface area contributed by atoms with E-state index in [1.165, 1.54) is 7.11 Å². The largest absolute Gasteiger partial charge is 0.481 e. The van der Waals surface area contributed by atoms with E-state index < -0.39 is 23.5 Å². The molecule has 1 saturated heterocycles. The minimum atomic E-state index is -4.15. The lowest BCUT2D eigenvalue weighted by Crippen LogP contribution is -2.52. The van der Waals surface area contributed by atoms with Gasteiger partial charge >= 0.3 is 12.1 Å². The van der Waals surface area contributed by atoms with Crippen LogP contribution in [0.5, 0.6) is 0 Å². The Morgan fingerprint density at radius 1 is 1.24 bits per heavy atom. The third-order valence-electron chi connectivity index (χ3n) is 5.58. The highest BCUT2D eigenvalue weighted by Crippen LogP contribution is 2.40. The molecular formula is C17H26F3NO4. The van der Waals surface area contributed by atoms with Crippen molar-refractivity contribution in [1.82, 2.24) is 4.90 Å². The van der Waals surface area contributed by atoms with Crippen LogP contribution in [0.2, 0.25) is 0 Å². The van der Waals surface area contributed by atoms with Crippen LogP contribution < -0.4 is 0 Å². The van der Waals surface area contributed by atoms with E-state index in [9.17, 15) is 27.9 Å². The Labute approximate surface area is 145 Å². The standard InChI is InChI=1S/C17H26F3NO4/c1-25-11-16(15(23)24)7-2-8-21(10-16)14(22)9-12-3-5-13(6-4-12)17(18,19)20/h12-13H,2-11H2,1H3,(H,23,24). The Hall–Kier alpha value is -1.31. The molecule has 25 heavy (non-hydrogen) atoms. The number of aliphatic carboxylic acids is 1. The Bertz CT molecular complexity index is 485. The third-order valence-corrected chi connectivity index (χ3v) is 5.58. The van der Waals surface area contributed by atoms with Crippen molar-refractivity contribution in [3.05, 3.63) is 0 Å². The first-order valence-electron chi connectivity index (χ1n) is 8.75. The molecule has 1 N–H and O–H groups in total. The second-order valence-electron chi connectivity index (χ2n) is 7.40. The highest BCUT2D eigenvalue weighted by molar-refractivity contribution is 5.80. The number of likely N-dealkylation sites (tertiary alicyclic amines) is 1. The number of hydrogen-bond donors (Lipinski definition) is 1. The third kappa shape index (κ3) is 4.86. The number of halogens is 3. The van der Waals surface area contributed by atoms with Gasteiger partial charge in [-0.05, 0) is 44.4 Å². The second kappa shape index (κ2) is 7.93. The summed E-state index contributed by atoms with van der Waals surface area (Å²) in [4.78, 5) is 25.7. The molecule has 0 aromatic carbocycles. The van der Waals surface area contributed by atoms with Gasteiger partial charge in [0.25, 0.3) is 0 Å². The van der Waals surface area contributed by atoms with Gasteiger partial charge in [0.15, 0.2) is 0 Å². The topological polar surface area (TPSA) is 66.8 Å². The molecule has 144 valence electrons. The lowest BCUT2D eigenvalue weighted by Gasteiger charge is -2.40. The number of carboxylic acid groups (broad SMARTS) is 1. The number of amides is 1. The number of carboxylic acids is 1. The molecule has 2 aliphatic rings. The number of piperidine rings is 1. The monoisotopic (exact) mass is 365 g/mol. The molecule has 2 fully saturated rings. The molecule has 0 spiro atoms. The van der Waals surface area contributed by atoms with E-state index in [1.807, 2.05) is 0 Å². The van der Waals surface area contributed by atoms with Crippen molar-refractivity contribution in [3.8, 4) is 0 Å². The van der Waals surface area contributed by atoms with Crippen LogP contribution in [-0.4, -0.2) is 54.9 Å². The molecule has 1 unspecified atom stereocenters. The molecule has 1 atom stereocenters. The Morgan fingerprint density at radius 2 is 1.88 bits per heavy atom. The van der Waals surface area contributed by atoms with E-state index in [0.717, 1.165) is 0 Å². The highest BCUT2D eigenvalue weighted by atomic mass is 19.4. The van der Waals surface area contributed by atoms with Crippen molar-refractivity contribution in [2.45, 2.75) is 51.1 Å². The summed E-state index contributed by atoms with van der Waals surface area (Å²) in [5.74, 6) is -2.43. The molecule has 0 aromatic heterocycles. The van der Waals surface area contributed by atoms with Crippen LogP contribution in [0.25, 0.3) is 0 Å². The van der Waals surface area contributed by atoms with Crippen LogP contribution in [0.3, 0.4) is 0 Å². The molecule has 0 bridgehead atoms. The van der Waals surface area contributed by atoms with Crippen LogP contribution >= 0.6 is 0 Å². The van der Waals surface area contributed by atoms with E-state index in [-0.39, 0.29) is 44.2 Å². The summed E-state index contributed by atoms with van der Waals surface area (Å²) in [7, 11) is 1.44. The normalized spacial score (nSPS) is 31.0. The van der Waals surface area contributed by atoms with Crippen molar-refractivity contribution >= 4 is 11.9 Å². The van der Waals surface area contributed by atoms with Gasteiger partial charge in [-0.25, -0.2) is 0 Å². The van der Waals surface area contributed by atoms with E-state index in [0.29, 0.717) is 32.2 Å². The molecule has 1 amide bonds. The van der Waals surface area contributed by atoms with Crippen molar-refractivity contribution in [2.24, 2.45) is 17.3 Å². The minimum absolute atomic E-state index is 0.0444. The predicted octanol–water partition coefficient (Wildman–Crippen LogP) is 3.09. The van der Waals surface area contributed by atoms with Gasteiger partial charge in [0.05, 0.1) is 12.5 Å². The first-order valence-corrected chi connectivity index (χ1v) is 8.75. The summed E-state index contributed by atoms with van der Waals surface area (Å²) in [6, 6.07) is 0. The molecule has 1 heterocycles. The average Bonchev–Trinajstić information content (AvgIpc) is 2.55. The zero-order chi connectivity index (χ0) is 18.7. The number of nitrogens with zero attached hydrogens (tertiary/aromatic N) is 1. The van der Waals surface area contributed by atoms with Gasteiger partial charge in [-0.15, -0.1) is 0 Å². The van der Waals surface area contributed by atoms with Crippen LogP contribution in [-0.2, 0) is 14.3 Å². The SMILES string of the molecule is COCC1(C(=O)O)CCCN(C(=O)CC2CCC(C(F)(F)F)CC2)C1. The summed E-state index contributed by atoms with van der Waals surface area (Å²) in [5.41, 5.74) is -1.09. The van der Waals surface area contributed by atoms with Crippen LogP contribution in [0.15, 0.2) is 0 Å². The van der Waals surface area contributed by atoms with Crippen molar-refractivity contribution in [3.63, 3.8) is 0 Å². The maximum atomic E-state index is 12.7. The van der Waals surface area contributed by atoms with Gasteiger partial charge in [-0.2, -0.15) is 13.2 Å².